The van der Waals surface area contributed by atoms with Crippen LogP contribution in [-0.2, 0) is 6.61 Å². The molecule has 0 aliphatic heterocycles. The fourth-order valence-electron chi connectivity index (χ4n) is 0.714. The van der Waals surface area contributed by atoms with Crippen molar-refractivity contribution in [2.24, 2.45) is 0 Å². The molecule has 0 aromatic carbocycles. The van der Waals surface area contributed by atoms with Gasteiger partial charge in [-0.25, -0.2) is 0 Å². The van der Waals surface area contributed by atoms with Crippen LogP contribution in [0.5, 0.6) is 0 Å². The van der Waals surface area contributed by atoms with Gasteiger partial charge in [0, 0.05) is 4.91 Å². The first-order chi connectivity index (χ1) is 5.15. The Morgan fingerprint density at radius 3 is 3.00 bits per heavy atom. The minimum atomic E-state index is -0.425. The molecule has 0 atom stereocenters. The molecule has 1 rings (SSSR count). The van der Waals surface area contributed by atoms with Gasteiger partial charge in [0.1, 0.15) is 6.61 Å². The van der Waals surface area contributed by atoms with Crippen molar-refractivity contribution in [1.82, 2.24) is 4.73 Å². The molecular weight excluding hydrogens is 148 g/mol. The van der Waals surface area contributed by atoms with E-state index in [0.717, 1.165) is 12.4 Å². The summed E-state index contributed by atoms with van der Waals surface area (Å²) in [6.07, 6.45) is 2.18. The Hall–Kier alpha value is -1.36. The van der Waals surface area contributed by atoms with E-state index < -0.39 is 6.61 Å². The molecule has 0 aliphatic carbocycles. The summed E-state index contributed by atoms with van der Waals surface area (Å²) in [6, 6.07) is 0. The molecule has 5 nitrogen and oxygen atoms in total. The van der Waals surface area contributed by atoms with Gasteiger partial charge in [-0.05, 0) is 6.92 Å². The molecule has 0 bridgehead atoms. The van der Waals surface area contributed by atoms with Crippen LogP contribution in [0.2, 0.25) is 0 Å². The van der Waals surface area contributed by atoms with E-state index in [1.165, 1.54) is 6.92 Å². The Morgan fingerprint density at radius 2 is 2.45 bits per heavy atom. The summed E-state index contributed by atoms with van der Waals surface area (Å²) in [4.78, 5) is 10.8. The van der Waals surface area contributed by atoms with Crippen LogP contribution in [0.1, 0.15) is 11.4 Å². The number of nitrogens with zero attached hydrogens (tertiary/aromatic N) is 2. The Kier molecular flexibility index (Phi) is 1.91. The molecule has 1 aromatic heterocycles. The van der Waals surface area contributed by atoms with Crippen molar-refractivity contribution in [3.63, 3.8) is 0 Å². The molecule has 0 amide bonds. The average molecular weight is 156 g/mol. The van der Waals surface area contributed by atoms with Crippen LogP contribution >= 0.6 is 0 Å². The highest BCUT2D eigenvalue weighted by atomic mass is 16.5. The number of aryl methyl sites for hydroxylation is 1. The number of aromatic nitrogens is 2. The van der Waals surface area contributed by atoms with Gasteiger partial charge in [-0.2, -0.15) is 0 Å². The van der Waals surface area contributed by atoms with Crippen molar-refractivity contribution in [2.45, 2.75) is 13.5 Å². The first-order valence-corrected chi connectivity index (χ1v) is 3.08. The summed E-state index contributed by atoms with van der Waals surface area (Å²) in [6.45, 7) is 1.09. The van der Waals surface area contributed by atoms with Gasteiger partial charge < -0.3 is 15.0 Å². The number of aliphatic hydroxyl groups excluding tert-OH is 1. The standard InChI is InChI=1S/C6H8N2O3/c1-5-2-8(11)6(4-9)3-7(5)10/h2-3,9H,4H2,1H3. The third-order valence-corrected chi connectivity index (χ3v) is 1.36. The predicted octanol–water partition coefficient (Wildman–Crippen LogP) is -0.451. The van der Waals surface area contributed by atoms with Gasteiger partial charge in [0.25, 0.3) is 5.69 Å². The Morgan fingerprint density at radius 1 is 1.82 bits per heavy atom. The summed E-state index contributed by atoms with van der Waals surface area (Å²) >= 11 is 0. The van der Waals surface area contributed by atoms with Crippen molar-refractivity contribution in [1.29, 1.82) is 0 Å². The van der Waals surface area contributed by atoms with Crippen molar-refractivity contribution >= 4 is 0 Å². The molecule has 11 heavy (non-hydrogen) atoms. The van der Waals surface area contributed by atoms with Gasteiger partial charge in [0.05, 0.1) is 16.3 Å². The monoisotopic (exact) mass is 156 g/mol. The van der Waals surface area contributed by atoms with Gasteiger partial charge in [0.2, 0.25) is 6.20 Å². The molecule has 60 valence electrons. The SMILES string of the molecule is Cc1c[n+](=O)c(CO)cn1[O-]. The van der Waals surface area contributed by atoms with E-state index in [4.69, 9.17) is 5.11 Å². The van der Waals surface area contributed by atoms with Crippen LogP contribution in [0.25, 0.3) is 0 Å². The highest BCUT2D eigenvalue weighted by Gasteiger charge is 2.06. The molecule has 0 spiro atoms. The quantitative estimate of drug-likeness (QED) is 0.560. The third-order valence-electron chi connectivity index (χ3n) is 1.36. The van der Waals surface area contributed by atoms with Crippen LogP contribution in [-0.4, -0.2) is 9.84 Å². The second kappa shape index (κ2) is 2.71. The summed E-state index contributed by atoms with van der Waals surface area (Å²) in [5, 5.41) is 19.4. The second-order valence-electron chi connectivity index (χ2n) is 2.20. The molecule has 1 heterocycles. The lowest BCUT2D eigenvalue weighted by atomic mass is 10.4. The number of rotatable bonds is 1. The van der Waals surface area contributed by atoms with Crippen molar-refractivity contribution in [3.8, 4) is 0 Å². The molecular formula is C6H8N2O3. The summed E-state index contributed by atoms with van der Waals surface area (Å²) in [5.74, 6) is 0. The fraction of sp³-hybridized carbons (Fsp3) is 0.333. The number of aliphatic hydroxyl groups is 1. The molecule has 0 saturated carbocycles. The molecule has 1 N–H and O–H groups in total. The van der Waals surface area contributed by atoms with E-state index in [2.05, 4.69) is 0 Å². The van der Waals surface area contributed by atoms with Crippen LogP contribution in [0, 0.1) is 17.0 Å². The third kappa shape index (κ3) is 1.38. The largest absolute Gasteiger partial charge is 0.805 e. The van der Waals surface area contributed by atoms with Gasteiger partial charge in [-0.15, -0.1) is 0 Å². The minimum absolute atomic E-state index is 0.0469. The van der Waals surface area contributed by atoms with Crippen molar-refractivity contribution in [2.75, 3.05) is 0 Å². The van der Waals surface area contributed by atoms with E-state index in [0.29, 0.717) is 14.9 Å². The zero-order chi connectivity index (χ0) is 8.43. The lowest BCUT2D eigenvalue weighted by Gasteiger charge is -2.10. The Balaban J connectivity index is 3.32. The maximum atomic E-state index is 10.8. The molecule has 1 aromatic rings. The topological polar surface area (TPSA) is 71.2 Å². The molecule has 0 saturated heterocycles. The molecule has 0 aliphatic rings. The zero-order valence-corrected chi connectivity index (χ0v) is 6.02. The van der Waals surface area contributed by atoms with Crippen LogP contribution in [0.15, 0.2) is 12.4 Å². The van der Waals surface area contributed by atoms with E-state index in [9.17, 15) is 10.1 Å². The molecule has 0 radical (unpaired) electrons. The molecule has 0 unspecified atom stereocenters. The van der Waals surface area contributed by atoms with Gasteiger partial charge in [-0.1, -0.05) is 0 Å². The lowest BCUT2D eigenvalue weighted by molar-refractivity contribution is -0.509. The Bertz CT molecular complexity index is 318. The fourth-order valence-corrected chi connectivity index (χ4v) is 0.714. The van der Waals surface area contributed by atoms with Gasteiger partial charge in [-0.3, -0.25) is 0 Å². The number of hydrogen-bond donors (Lipinski definition) is 1. The first-order valence-electron chi connectivity index (χ1n) is 3.08. The summed E-state index contributed by atoms with van der Waals surface area (Å²) in [7, 11) is 0. The van der Waals surface area contributed by atoms with E-state index in [1.807, 2.05) is 0 Å². The van der Waals surface area contributed by atoms with Crippen molar-refractivity contribution in [3.05, 3.63) is 33.9 Å². The van der Waals surface area contributed by atoms with Crippen LogP contribution in [0.3, 0.4) is 0 Å². The minimum Gasteiger partial charge on any atom is -0.805 e. The maximum Gasteiger partial charge on any atom is 0.280 e. The van der Waals surface area contributed by atoms with Crippen LogP contribution in [0.4, 0.5) is 0 Å². The molecule has 0 fully saturated rings. The lowest BCUT2D eigenvalue weighted by Crippen LogP contribution is -2.23. The highest BCUT2D eigenvalue weighted by molar-refractivity contribution is 4.97. The van der Waals surface area contributed by atoms with Gasteiger partial charge in [0.15, 0.2) is 0 Å². The van der Waals surface area contributed by atoms with E-state index in [-0.39, 0.29) is 5.69 Å². The first kappa shape index (κ1) is 7.74. The highest BCUT2D eigenvalue weighted by Crippen LogP contribution is 1.94. The maximum absolute atomic E-state index is 10.8. The zero-order valence-electron chi connectivity index (χ0n) is 6.02. The summed E-state index contributed by atoms with van der Waals surface area (Å²) in [5.41, 5.74) is 0.350. The number of hydrogen-bond acceptors (Lipinski definition) is 3. The van der Waals surface area contributed by atoms with Crippen LogP contribution < -0.4 is 4.43 Å². The predicted molar refractivity (Wildman–Crippen MR) is 37.2 cm³/mol. The normalized spacial score (nSPS) is 10.0. The van der Waals surface area contributed by atoms with Gasteiger partial charge >= 0.3 is 0 Å². The second-order valence-corrected chi connectivity index (χ2v) is 2.20. The summed E-state index contributed by atoms with van der Waals surface area (Å²) < 4.78 is 1.02. The van der Waals surface area contributed by atoms with Crippen molar-refractivity contribution < 1.29 is 9.53 Å². The van der Waals surface area contributed by atoms with E-state index >= 15 is 0 Å². The molecule has 5 heteroatoms. The Labute approximate surface area is 62.7 Å². The smallest absolute Gasteiger partial charge is 0.280 e. The van der Waals surface area contributed by atoms with E-state index in [1.54, 1.807) is 0 Å². The average Bonchev–Trinajstić information content (AvgIpc) is 1.97.